The molecule has 0 aliphatic carbocycles. The van der Waals surface area contributed by atoms with E-state index in [0.29, 0.717) is 11.9 Å². The van der Waals surface area contributed by atoms with Gasteiger partial charge in [0.05, 0.1) is 17.8 Å². The van der Waals surface area contributed by atoms with Crippen LogP contribution in [0.25, 0.3) is 10.2 Å². The number of fused-ring (bicyclic) bond motifs is 2. The van der Waals surface area contributed by atoms with E-state index in [1.54, 1.807) is 10.9 Å². The number of nitrogens with zero attached hydrogens (tertiary/aromatic N) is 2. The molecule has 0 saturated heterocycles. The first kappa shape index (κ1) is 18.3. The Bertz CT molecular complexity index is 1070. The molecule has 2 aromatic heterocycles. The van der Waals surface area contributed by atoms with Gasteiger partial charge in [0.25, 0.3) is 5.56 Å². The van der Waals surface area contributed by atoms with Crippen molar-refractivity contribution in [1.29, 1.82) is 0 Å². The molecule has 0 spiro atoms. The third-order valence-corrected chi connectivity index (χ3v) is 7.27. The van der Waals surface area contributed by atoms with E-state index in [-0.39, 0.29) is 23.9 Å². The second-order valence-corrected chi connectivity index (χ2v) is 9.09. The highest BCUT2D eigenvalue weighted by molar-refractivity contribution is 7.99. The van der Waals surface area contributed by atoms with Gasteiger partial charge in [0.15, 0.2) is 0 Å². The summed E-state index contributed by atoms with van der Waals surface area (Å²) in [5.74, 6) is 0.964. The SMILES string of the molecule is Cc1sc2ncn(CCC(=O)NC3CCSc4ccccc43)c(=O)c2c1C. The number of amides is 1. The number of nitrogens with one attached hydrogen (secondary N) is 1. The topological polar surface area (TPSA) is 64.0 Å². The first-order valence-corrected chi connectivity index (χ1v) is 10.8. The van der Waals surface area contributed by atoms with Gasteiger partial charge in [0.2, 0.25) is 5.91 Å². The van der Waals surface area contributed by atoms with Crippen molar-refractivity contribution in [2.24, 2.45) is 0 Å². The Morgan fingerprint density at radius 2 is 2.15 bits per heavy atom. The van der Waals surface area contributed by atoms with E-state index in [9.17, 15) is 9.59 Å². The minimum atomic E-state index is -0.0611. The summed E-state index contributed by atoms with van der Waals surface area (Å²) in [6.45, 7) is 4.29. The molecule has 7 heteroatoms. The summed E-state index contributed by atoms with van der Waals surface area (Å²) in [5, 5.41) is 3.81. The average molecular weight is 400 g/mol. The minimum Gasteiger partial charge on any atom is -0.349 e. The first-order chi connectivity index (χ1) is 13.0. The molecule has 27 heavy (non-hydrogen) atoms. The van der Waals surface area contributed by atoms with Crippen molar-refractivity contribution in [2.45, 2.75) is 44.2 Å². The Morgan fingerprint density at radius 1 is 1.33 bits per heavy atom. The zero-order valence-electron chi connectivity index (χ0n) is 15.3. The van der Waals surface area contributed by atoms with Crippen LogP contribution in [0.1, 0.15) is 34.9 Å². The average Bonchev–Trinajstić information content (AvgIpc) is 2.96. The molecular formula is C20H21N3O2S2. The maximum absolute atomic E-state index is 12.7. The lowest BCUT2D eigenvalue weighted by Gasteiger charge is -2.25. The Kier molecular flexibility index (Phi) is 5.06. The highest BCUT2D eigenvalue weighted by Gasteiger charge is 2.22. The number of thioether (sulfide) groups is 1. The van der Waals surface area contributed by atoms with E-state index in [1.807, 2.05) is 37.7 Å². The van der Waals surface area contributed by atoms with Crippen LogP contribution < -0.4 is 10.9 Å². The predicted molar refractivity (Wildman–Crippen MR) is 111 cm³/mol. The zero-order valence-corrected chi connectivity index (χ0v) is 17.0. The number of thiophene rings is 1. The Hall–Kier alpha value is -2.12. The van der Waals surface area contributed by atoms with Gasteiger partial charge in [-0.15, -0.1) is 23.1 Å². The van der Waals surface area contributed by atoms with Crippen molar-refractivity contribution in [3.05, 3.63) is 57.0 Å². The van der Waals surface area contributed by atoms with Crippen molar-refractivity contribution in [3.8, 4) is 0 Å². The zero-order chi connectivity index (χ0) is 19.0. The second-order valence-electron chi connectivity index (χ2n) is 6.75. The van der Waals surface area contributed by atoms with Gasteiger partial charge in [-0.3, -0.25) is 14.2 Å². The molecule has 5 nitrogen and oxygen atoms in total. The Balaban J connectivity index is 1.46. The van der Waals surface area contributed by atoms with E-state index in [4.69, 9.17) is 0 Å². The molecule has 4 rings (SSSR count). The molecule has 140 valence electrons. The number of hydrogen-bond acceptors (Lipinski definition) is 5. The van der Waals surface area contributed by atoms with Crippen LogP contribution in [0.5, 0.6) is 0 Å². The van der Waals surface area contributed by atoms with Crippen LogP contribution in [-0.2, 0) is 11.3 Å². The fraction of sp³-hybridized carbons (Fsp3) is 0.350. The van der Waals surface area contributed by atoms with Crippen molar-refractivity contribution in [3.63, 3.8) is 0 Å². The second kappa shape index (κ2) is 7.48. The Labute approximate surface area is 165 Å². The number of carbonyl (C=O) groups excluding carboxylic acids is 1. The lowest BCUT2D eigenvalue weighted by molar-refractivity contribution is -0.122. The van der Waals surface area contributed by atoms with Gasteiger partial charge in [-0.1, -0.05) is 18.2 Å². The van der Waals surface area contributed by atoms with Crippen LogP contribution in [0.2, 0.25) is 0 Å². The van der Waals surface area contributed by atoms with Crippen LogP contribution in [0.4, 0.5) is 0 Å². The predicted octanol–water partition coefficient (Wildman–Crippen LogP) is 3.82. The molecule has 0 fully saturated rings. The van der Waals surface area contributed by atoms with Gasteiger partial charge < -0.3 is 5.32 Å². The van der Waals surface area contributed by atoms with E-state index in [1.165, 1.54) is 21.8 Å². The molecule has 3 heterocycles. The van der Waals surface area contributed by atoms with E-state index < -0.39 is 0 Å². The fourth-order valence-corrected chi connectivity index (χ4v) is 5.52. The van der Waals surface area contributed by atoms with E-state index in [2.05, 4.69) is 22.4 Å². The highest BCUT2D eigenvalue weighted by atomic mass is 32.2. The van der Waals surface area contributed by atoms with Crippen LogP contribution in [0.15, 0.2) is 40.3 Å². The summed E-state index contributed by atoms with van der Waals surface area (Å²) in [6.07, 6.45) is 2.75. The molecule has 0 bridgehead atoms. The third kappa shape index (κ3) is 3.53. The molecule has 0 saturated carbocycles. The van der Waals surface area contributed by atoms with Gasteiger partial charge in [-0.25, -0.2) is 4.98 Å². The maximum Gasteiger partial charge on any atom is 0.262 e. The lowest BCUT2D eigenvalue weighted by Crippen LogP contribution is -2.32. The minimum absolute atomic E-state index is 0.0353. The van der Waals surface area contributed by atoms with Crippen LogP contribution in [-0.4, -0.2) is 21.2 Å². The number of aromatic nitrogens is 2. The summed E-state index contributed by atoms with van der Waals surface area (Å²) in [4.78, 5) is 32.7. The molecule has 1 aromatic carbocycles. The fourth-order valence-electron chi connectivity index (χ4n) is 3.41. The van der Waals surface area contributed by atoms with Gasteiger partial charge in [-0.2, -0.15) is 0 Å². The summed E-state index contributed by atoms with van der Waals surface area (Å²) in [7, 11) is 0. The van der Waals surface area contributed by atoms with Gasteiger partial charge in [0.1, 0.15) is 4.83 Å². The molecule has 3 aromatic rings. The van der Waals surface area contributed by atoms with Crippen molar-refractivity contribution >= 4 is 39.2 Å². The van der Waals surface area contributed by atoms with Crippen molar-refractivity contribution in [2.75, 3.05) is 5.75 Å². The monoisotopic (exact) mass is 399 g/mol. The lowest BCUT2D eigenvalue weighted by atomic mass is 10.0. The van der Waals surface area contributed by atoms with E-state index >= 15 is 0 Å². The summed E-state index contributed by atoms with van der Waals surface area (Å²) < 4.78 is 1.55. The van der Waals surface area contributed by atoms with Crippen LogP contribution in [0, 0.1) is 13.8 Å². The quantitative estimate of drug-likeness (QED) is 0.724. The van der Waals surface area contributed by atoms with Crippen molar-refractivity contribution < 1.29 is 4.79 Å². The molecule has 1 N–H and O–H groups in total. The largest absolute Gasteiger partial charge is 0.349 e. The number of benzene rings is 1. The maximum atomic E-state index is 12.7. The molecule has 1 aliphatic rings. The Morgan fingerprint density at radius 3 is 3.00 bits per heavy atom. The van der Waals surface area contributed by atoms with Crippen LogP contribution in [0.3, 0.4) is 0 Å². The summed E-state index contributed by atoms with van der Waals surface area (Å²) in [5.41, 5.74) is 2.11. The first-order valence-electron chi connectivity index (χ1n) is 9.01. The van der Waals surface area contributed by atoms with Crippen LogP contribution >= 0.6 is 23.1 Å². The smallest absolute Gasteiger partial charge is 0.262 e. The highest BCUT2D eigenvalue weighted by Crippen LogP contribution is 2.35. The molecule has 1 unspecified atom stereocenters. The van der Waals surface area contributed by atoms with Gasteiger partial charge in [-0.05, 0) is 37.5 Å². The number of aryl methyl sites for hydroxylation is 3. The third-order valence-electron chi connectivity index (χ3n) is 5.03. The molecule has 1 aliphatic heterocycles. The van der Waals surface area contributed by atoms with Gasteiger partial charge in [0, 0.05) is 28.5 Å². The summed E-state index contributed by atoms with van der Waals surface area (Å²) >= 11 is 3.37. The normalized spacial score (nSPS) is 16.3. The number of hydrogen-bond donors (Lipinski definition) is 1. The standard InChI is InChI=1S/C20H21N3O2S2/c1-12-13(2)27-19-18(12)20(25)23(11-21-19)9-7-17(24)22-15-8-10-26-16-6-4-3-5-14(15)16/h3-6,11,15H,7-10H2,1-2H3,(H,22,24). The van der Waals surface area contributed by atoms with Gasteiger partial charge >= 0.3 is 0 Å². The molecule has 1 amide bonds. The molecule has 1 atom stereocenters. The van der Waals surface area contributed by atoms with E-state index in [0.717, 1.165) is 27.4 Å². The molecular weight excluding hydrogens is 378 g/mol. The number of rotatable bonds is 4. The molecule has 0 radical (unpaired) electrons. The van der Waals surface area contributed by atoms with Crippen molar-refractivity contribution in [1.82, 2.24) is 14.9 Å². The summed E-state index contributed by atoms with van der Waals surface area (Å²) in [6, 6.07) is 8.27. The number of carbonyl (C=O) groups is 1.